The van der Waals surface area contributed by atoms with Gasteiger partial charge in [-0.3, -0.25) is 4.79 Å². The van der Waals surface area contributed by atoms with E-state index in [1.165, 1.54) is 12.1 Å². The number of fused-ring (bicyclic) bond motifs is 1. The van der Waals surface area contributed by atoms with Crippen molar-refractivity contribution >= 4 is 23.2 Å². The Kier molecular flexibility index (Phi) is 5.63. The van der Waals surface area contributed by atoms with Crippen molar-refractivity contribution in [3.63, 3.8) is 0 Å². The molecule has 1 aromatic carbocycles. The normalized spacial score (nSPS) is 17.4. The third-order valence-corrected chi connectivity index (χ3v) is 5.87. The molecule has 31 heavy (non-hydrogen) atoms. The number of halogens is 5. The lowest BCUT2D eigenvalue weighted by Crippen LogP contribution is -2.43. The number of hydrogen-bond donors (Lipinski definition) is 0. The lowest BCUT2D eigenvalue weighted by molar-refractivity contribution is -0.142. The Morgan fingerprint density at radius 3 is 2.58 bits per heavy atom. The summed E-state index contributed by atoms with van der Waals surface area (Å²) in [5, 5.41) is 3.69. The topological polar surface area (TPSA) is 50.5 Å². The van der Waals surface area contributed by atoms with E-state index in [2.05, 4.69) is 10.1 Å². The smallest absolute Gasteiger partial charge is 0.334 e. The molecule has 1 aliphatic heterocycles. The minimum atomic E-state index is -4.78. The van der Waals surface area contributed by atoms with Gasteiger partial charge in [-0.05, 0) is 56.0 Å². The molecule has 0 spiro atoms. The van der Waals surface area contributed by atoms with Crippen LogP contribution in [-0.2, 0) is 6.18 Å². The Morgan fingerprint density at radius 1 is 1.23 bits per heavy atom. The summed E-state index contributed by atoms with van der Waals surface area (Å²) in [6.07, 6.45) is -1.41. The monoisotopic (exact) mass is 454 g/mol. The first-order valence-corrected chi connectivity index (χ1v) is 10.3. The summed E-state index contributed by atoms with van der Waals surface area (Å²) < 4.78 is 55.2. The molecular formula is C21H19ClF4N4O. The fraction of sp³-hybridized carbons (Fsp3) is 0.381. The highest BCUT2D eigenvalue weighted by atomic mass is 35.5. The first-order valence-electron chi connectivity index (χ1n) is 9.94. The minimum Gasteiger partial charge on any atom is -0.334 e. The zero-order chi connectivity index (χ0) is 22.3. The van der Waals surface area contributed by atoms with Crippen LogP contribution in [0.2, 0.25) is 5.02 Å². The number of likely N-dealkylation sites (tertiary alicyclic amines) is 1. The van der Waals surface area contributed by atoms with Crippen LogP contribution in [0.15, 0.2) is 30.3 Å². The fourth-order valence-corrected chi connectivity index (χ4v) is 4.17. The average molecular weight is 455 g/mol. The van der Waals surface area contributed by atoms with Crippen LogP contribution in [0, 0.1) is 5.82 Å². The van der Waals surface area contributed by atoms with Crippen molar-refractivity contribution in [1.29, 1.82) is 0 Å². The van der Waals surface area contributed by atoms with E-state index < -0.39 is 23.6 Å². The number of nitrogens with zero attached hydrogens (tertiary/aromatic N) is 4. The highest BCUT2D eigenvalue weighted by molar-refractivity contribution is 6.36. The maximum Gasteiger partial charge on any atom is 0.433 e. The van der Waals surface area contributed by atoms with Gasteiger partial charge in [0.15, 0.2) is 17.0 Å². The lowest BCUT2D eigenvalue weighted by atomic mass is 9.99. The van der Waals surface area contributed by atoms with Crippen LogP contribution in [0.3, 0.4) is 0 Å². The molecule has 0 radical (unpaired) electrons. The van der Waals surface area contributed by atoms with Gasteiger partial charge in [-0.2, -0.15) is 18.3 Å². The van der Waals surface area contributed by atoms with Crippen LogP contribution < -0.4 is 0 Å². The third kappa shape index (κ3) is 3.98. The minimum absolute atomic E-state index is 0.00745. The third-order valence-electron chi connectivity index (χ3n) is 5.53. The second-order valence-electron chi connectivity index (χ2n) is 7.49. The van der Waals surface area contributed by atoms with Crippen molar-refractivity contribution in [3.8, 4) is 11.3 Å². The van der Waals surface area contributed by atoms with Crippen LogP contribution in [0.25, 0.3) is 16.9 Å². The molecule has 0 bridgehead atoms. The Hall–Kier alpha value is -2.68. The number of hydrogen-bond acceptors (Lipinski definition) is 3. The Morgan fingerprint density at radius 2 is 1.94 bits per heavy atom. The molecule has 1 saturated heterocycles. The molecule has 5 nitrogen and oxygen atoms in total. The maximum atomic E-state index is 13.8. The van der Waals surface area contributed by atoms with Crippen molar-refractivity contribution < 1.29 is 22.4 Å². The SMILES string of the molecule is CC[C@H]1CCCCN1C(=O)c1nn2c(C(F)(F)F)cc(-c3ccc(F)cc3)nc2c1Cl. The summed E-state index contributed by atoms with van der Waals surface area (Å²) in [6.45, 7) is 2.46. The predicted molar refractivity (Wildman–Crippen MR) is 107 cm³/mol. The van der Waals surface area contributed by atoms with Crippen LogP contribution >= 0.6 is 11.6 Å². The largest absolute Gasteiger partial charge is 0.433 e. The number of carbonyl (C=O) groups excluding carboxylic acids is 1. The molecule has 0 aliphatic carbocycles. The van der Waals surface area contributed by atoms with Gasteiger partial charge in [-0.25, -0.2) is 13.9 Å². The number of aromatic nitrogens is 3. The molecule has 1 atom stereocenters. The molecule has 0 saturated carbocycles. The van der Waals surface area contributed by atoms with Gasteiger partial charge in [0.1, 0.15) is 10.8 Å². The van der Waals surface area contributed by atoms with E-state index >= 15 is 0 Å². The quantitative estimate of drug-likeness (QED) is 0.483. The van der Waals surface area contributed by atoms with Crippen molar-refractivity contribution in [2.75, 3.05) is 6.54 Å². The molecule has 1 aliphatic rings. The summed E-state index contributed by atoms with van der Waals surface area (Å²) in [4.78, 5) is 19.0. The fourth-order valence-electron chi connectivity index (χ4n) is 3.93. The molecule has 0 unspecified atom stereocenters. The second-order valence-corrected chi connectivity index (χ2v) is 7.86. The molecule has 10 heteroatoms. The molecule has 3 heterocycles. The van der Waals surface area contributed by atoms with Gasteiger partial charge in [-0.1, -0.05) is 18.5 Å². The van der Waals surface area contributed by atoms with Crippen LogP contribution in [0.5, 0.6) is 0 Å². The zero-order valence-electron chi connectivity index (χ0n) is 16.6. The van der Waals surface area contributed by atoms with E-state index in [-0.39, 0.29) is 33.7 Å². The second kappa shape index (κ2) is 8.11. The van der Waals surface area contributed by atoms with Gasteiger partial charge in [0.2, 0.25) is 0 Å². The summed E-state index contributed by atoms with van der Waals surface area (Å²) in [5.74, 6) is -1.03. The summed E-state index contributed by atoms with van der Waals surface area (Å²) in [7, 11) is 0. The Balaban J connectivity index is 1.87. The molecule has 0 N–H and O–H groups in total. The van der Waals surface area contributed by atoms with Crippen LogP contribution in [0.4, 0.5) is 17.6 Å². The molecule has 164 valence electrons. The van der Waals surface area contributed by atoms with Gasteiger partial charge < -0.3 is 4.90 Å². The van der Waals surface area contributed by atoms with Gasteiger partial charge in [-0.15, -0.1) is 0 Å². The van der Waals surface area contributed by atoms with Gasteiger partial charge >= 0.3 is 6.18 Å². The zero-order valence-corrected chi connectivity index (χ0v) is 17.3. The van der Waals surface area contributed by atoms with Crippen LogP contribution in [-0.4, -0.2) is 38.0 Å². The van der Waals surface area contributed by atoms with E-state index in [9.17, 15) is 22.4 Å². The Bertz CT molecular complexity index is 1130. The van der Waals surface area contributed by atoms with E-state index in [0.29, 0.717) is 11.1 Å². The first-order chi connectivity index (χ1) is 14.7. The van der Waals surface area contributed by atoms with Gasteiger partial charge in [0, 0.05) is 18.2 Å². The summed E-state index contributed by atoms with van der Waals surface area (Å²) in [6, 6.07) is 5.71. The number of benzene rings is 1. The van der Waals surface area contributed by atoms with E-state index in [0.717, 1.165) is 43.9 Å². The van der Waals surface area contributed by atoms with E-state index in [1.54, 1.807) is 4.90 Å². The van der Waals surface area contributed by atoms with Crippen molar-refractivity contribution in [2.45, 2.75) is 44.8 Å². The summed E-state index contributed by atoms with van der Waals surface area (Å²) >= 11 is 6.35. The maximum absolute atomic E-state index is 13.8. The standard InChI is InChI=1S/C21H19ClF4N4O/c1-2-14-5-3-4-10-29(14)20(31)18-17(22)19-27-15(12-6-8-13(23)9-7-12)11-16(21(24,25)26)30(19)28-18/h6-9,11,14H,2-5,10H2,1H3/t14-/m0/s1. The molecular weight excluding hydrogens is 436 g/mol. The molecule has 1 amide bonds. The highest BCUT2D eigenvalue weighted by Gasteiger charge is 2.38. The molecule has 1 fully saturated rings. The Labute approximate surface area is 180 Å². The number of rotatable bonds is 3. The average Bonchev–Trinajstić information content (AvgIpc) is 3.08. The predicted octanol–water partition coefficient (Wildman–Crippen LogP) is 5.61. The summed E-state index contributed by atoms with van der Waals surface area (Å²) in [5.41, 5.74) is -1.42. The molecule has 3 aromatic rings. The molecule has 4 rings (SSSR count). The van der Waals surface area contributed by atoms with Gasteiger partial charge in [0.25, 0.3) is 5.91 Å². The van der Waals surface area contributed by atoms with Crippen LogP contribution in [0.1, 0.15) is 48.8 Å². The van der Waals surface area contributed by atoms with Gasteiger partial charge in [0.05, 0.1) is 5.69 Å². The highest BCUT2D eigenvalue weighted by Crippen LogP contribution is 2.35. The van der Waals surface area contributed by atoms with Crippen molar-refractivity contribution in [2.24, 2.45) is 0 Å². The number of amides is 1. The first kappa shape index (κ1) is 21.5. The lowest BCUT2D eigenvalue weighted by Gasteiger charge is -2.34. The number of carbonyl (C=O) groups is 1. The molecule has 2 aromatic heterocycles. The number of piperidine rings is 1. The van der Waals surface area contributed by atoms with Crippen molar-refractivity contribution in [1.82, 2.24) is 19.5 Å². The number of alkyl halides is 3. The van der Waals surface area contributed by atoms with E-state index in [4.69, 9.17) is 11.6 Å². The van der Waals surface area contributed by atoms with E-state index in [1.807, 2.05) is 6.92 Å². The van der Waals surface area contributed by atoms with Crippen molar-refractivity contribution in [3.05, 3.63) is 52.6 Å².